The molecular formula is C19H22FN3O5. The zero-order valence-corrected chi connectivity index (χ0v) is 15.6. The van der Waals surface area contributed by atoms with Gasteiger partial charge in [-0.25, -0.2) is 9.37 Å². The number of alkyl halides is 1. The summed E-state index contributed by atoms with van der Waals surface area (Å²) in [6, 6.07) is 4.87. The number of carbonyl (C=O) groups excluding carboxylic acids is 2. The lowest BCUT2D eigenvalue weighted by atomic mass is 9.99. The van der Waals surface area contributed by atoms with E-state index >= 15 is 0 Å². The molecule has 1 aromatic heterocycles. The van der Waals surface area contributed by atoms with Crippen LogP contribution < -0.4 is 20.5 Å². The Morgan fingerprint density at radius 2 is 2.25 bits per heavy atom. The highest BCUT2D eigenvalue weighted by Crippen LogP contribution is 2.32. The molecule has 1 saturated heterocycles. The van der Waals surface area contributed by atoms with E-state index in [-0.39, 0.29) is 30.6 Å². The van der Waals surface area contributed by atoms with Crippen molar-refractivity contribution < 1.29 is 28.6 Å². The molecule has 150 valence electrons. The predicted octanol–water partition coefficient (Wildman–Crippen LogP) is 1.09. The minimum Gasteiger partial charge on any atom is -0.490 e. The highest BCUT2D eigenvalue weighted by atomic mass is 19.1. The molecule has 2 amide bonds. The second-order valence-electron chi connectivity index (χ2n) is 7.10. The number of fused-ring (bicyclic) bond motifs is 1. The van der Waals surface area contributed by atoms with Crippen LogP contribution >= 0.6 is 0 Å². The molecule has 28 heavy (non-hydrogen) atoms. The van der Waals surface area contributed by atoms with E-state index in [4.69, 9.17) is 15.2 Å². The fourth-order valence-electron chi connectivity index (χ4n) is 3.11. The second kappa shape index (κ2) is 7.59. The van der Waals surface area contributed by atoms with Crippen molar-refractivity contribution in [1.82, 2.24) is 10.3 Å². The first-order valence-electron chi connectivity index (χ1n) is 8.83. The molecule has 2 aromatic rings. The number of halogens is 1. The molecule has 0 saturated carbocycles. The molecule has 0 spiro atoms. The van der Waals surface area contributed by atoms with Crippen LogP contribution in [-0.4, -0.2) is 52.9 Å². The molecule has 3 rings (SSSR count). The Morgan fingerprint density at radius 1 is 1.50 bits per heavy atom. The Morgan fingerprint density at radius 3 is 2.82 bits per heavy atom. The van der Waals surface area contributed by atoms with Crippen LogP contribution in [-0.2, 0) is 4.79 Å². The SMILES string of the molecule is CC(C)Oc1cc2c(OCC3(CO)CC(F)C(=O)N3)nccc2cc1C(N)=O. The number of carbonyl (C=O) groups is 2. The van der Waals surface area contributed by atoms with Gasteiger partial charge in [-0.05, 0) is 37.4 Å². The van der Waals surface area contributed by atoms with Gasteiger partial charge in [-0.2, -0.15) is 0 Å². The van der Waals surface area contributed by atoms with Crippen LogP contribution in [0.1, 0.15) is 30.6 Å². The fraction of sp³-hybridized carbons (Fsp3) is 0.421. The third kappa shape index (κ3) is 3.84. The second-order valence-corrected chi connectivity index (χ2v) is 7.10. The third-order valence-electron chi connectivity index (χ3n) is 4.49. The number of hydrogen-bond acceptors (Lipinski definition) is 6. The maximum atomic E-state index is 13.6. The standard InChI is InChI=1S/C19H22FN3O5/c1-10(2)28-15-6-12-11(5-13(15)16(21)25)3-4-22-18(12)27-9-19(8-24)7-14(20)17(26)23-19/h3-6,10,14,24H,7-9H2,1-2H3,(H2,21,25)(H,23,26). The fourth-order valence-corrected chi connectivity index (χ4v) is 3.11. The first kappa shape index (κ1) is 19.8. The maximum absolute atomic E-state index is 13.6. The average Bonchev–Trinajstić information content (AvgIpc) is 2.93. The van der Waals surface area contributed by atoms with Gasteiger partial charge in [-0.15, -0.1) is 0 Å². The van der Waals surface area contributed by atoms with Gasteiger partial charge in [-0.3, -0.25) is 9.59 Å². The lowest BCUT2D eigenvalue weighted by Crippen LogP contribution is -2.49. The third-order valence-corrected chi connectivity index (χ3v) is 4.49. The Labute approximate surface area is 160 Å². The molecule has 0 bridgehead atoms. The van der Waals surface area contributed by atoms with Gasteiger partial charge >= 0.3 is 0 Å². The molecule has 1 aliphatic rings. The number of ether oxygens (including phenoxy) is 2. The number of benzene rings is 1. The van der Waals surface area contributed by atoms with Crippen LogP contribution in [0.2, 0.25) is 0 Å². The van der Waals surface area contributed by atoms with E-state index in [1.807, 2.05) is 13.8 Å². The molecule has 8 nitrogen and oxygen atoms in total. The highest BCUT2D eigenvalue weighted by Gasteiger charge is 2.45. The van der Waals surface area contributed by atoms with E-state index < -0.39 is 30.1 Å². The summed E-state index contributed by atoms with van der Waals surface area (Å²) in [6.45, 7) is 2.99. The number of aliphatic hydroxyl groups excluding tert-OH is 1. The summed E-state index contributed by atoms with van der Waals surface area (Å²) < 4.78 is 25.0. The summed E-state index contributed by atoms with van der Waals surface area (Å²) in [7, 11) is 0. The minimum absolute atomic E-state index is 0.167. The summed E-state index contributed by atoms with van der Waals surface area (Å²) in [5, 5.41) is 13.3. The lowest BCUT2D eigenvalue weighted by molar-refractivity contribution is -0.123. The van der Waals surface area contributed by atoms with Gasteiger partial charge in [0.05, 0.1) is 18.3 Å². The van der Waals surface area contributed by atoms with Crippen molar-refractivity contribution in [2.75, 3.05) is 13.2 Å². The highest BCUT2D eigenvalue weighted by molar-refractivity contribution is 6.01. The Hall–Kier alpha value is -2.94. The number of nitrogens with one attached hydrogen (secondary N) is 1. The van der Waals surface area contributed by atoms with Crippen molar-refractivity contribution >= 4 is 22.6 Å². The molecule has 1 aromatic carbocycles. The molecule has 0 aliphatic carbocycles. The van der Waals surface area contributed by atoms with Crippen LogP contribution in [0.3, 0.4) is 0 Å². The molecular weight excluding hydrogens is 369 g/mol. The zero-order chi connectivity index (χ0) is 20.5. The van der Waals surface area contributed by atoms with Crippen molar-refractivity contribution in [2.24, 2.45) is 5.73 Å². The number of nitrogens with two attached hydrogens (primary N) is 1. The number of aliphatic hydroxyl groups is 1. The maximum Gasteiger partial charge on any atom is 0.255 e. The summed E-state index contributed by atoms with van der Waals surface area (Å²) in [5.41, 5.74) is 4.47. The minimum atomic E-state index is -1.69. The van der Waals surface area contributed by atoms with Crippen LogP contribution in [0.15, 0.2) is 24.4 Å². The lowest BCUT2D eigenvalue weighted by Gasteiger charge is -2.26. The van der Waals surface area contributed by atoms with E-state index in [2.05, 4.69) is 10.3 Å². The van der Waals surface area contributed by atoms with E-state index in [1.54, 1.807) is 18.2 Å². The van der Waals surface area contributed by atoms with Gasteiger partial charge in [0.2, 0.25) is 5.88 Å². The Balaban J connectivity index is 1.95. The number of amides is 2. The first-order valence-corrected chi connectivity index (χ1v) is 8.83. The average molecular weight is 391 g/mol. The zero-order valence-electron chi connectivity index (χ0n) is 15.6. The predicted molar refractivity (Wildman–Crippen MR) is 99.0 cm³/mol. The number of aromatic nitrogens is 1. The van der Waals surface area contributed by atoms with E-state index in [1.165, 1.54) is 6.20 Å². The van der Waals surface area contributed by atoms with Gasteiger partial charge in [0, 0.05) is 18.0 Å². The topological polar surface area (TPSA) is 124 Å². The van der Waals surface area contributed by atoms with Crippen molar-refractivity contribution in [3.63, 3.8) is 0 Å². The van der Waals surface area contributed by atoms with Gasteiger partial charge in [0.25, 0.3) is 11.8 Å². The number of hydrogen-bond donors (Lipinski definition) is 3. The van der Waals surface area contributed by atoms with E-state index in [0.29, 0.717) is 16.5 Å². The molecule has 0 radical (unpaired) electrons. The van der Waals surface area contributed by atoms with Crippen LogP contribution in [0, 0.1) is 0 Å². The molecule has 2 atom stereocenters. The van der Waals surface area contributed by atoms with Crippen molar-refractivity contribution in [2.45, 2.75) is 38.1 Å². The van der Waals surface area contributed by atoms with Gasteiger partial charge < -0.3 is 25.6 Å². The Kier molecular flexibility index (Phi) is 5.37. The van der Waals surface area contributed by atoms with Crippen molar-refractivity contribution in [1.29, 1.82) is 0 Å². The van der Waals surface area contributed by atoms with Crippen LogP contribution in [0.5, 0.6) is 11.6 Å². The van der Waals surface area contributed by atoms with E-state index in [9.17, 15) is 19.1 Å². The van der Waals surface area contributed by atoms with Crippen molar-refractivity contribution in [3.05, 3.63) is 30.0 Å². The van der Waals surface area contributed by atoms with E-state index in [0.717, 1.165) is 0 Å². The van der Waals surface area contributed by atoms with Crippen molar-refractivity contribution in [3.8, 4) is 11.6 Å². The van der Waals surface area contributed by atoms with Crippen LogP contribution in [0.25, 0.3) is 10.8 Å². The quantitative estimate of drug-likeness (QED) is 0.649. The monoisotopic (exact) mass is 391 g/mol. The Bertz CT molecular complexity index is 920. The number of nitrogens with zero attached hydrogens (tertiary/aromatic N) is 1. The molecule has 1 fully saturated rings. The van der Waals surface area contributed by atoms with Gasteiger partial charge in [0.15, 0.2) is 6.17 Å². The van der Waals surface area contributed by atoms with Gasteiger partial charge in [-0.1, -0.05) is 0 Å². The number of primary amides is 1. The summed E-state index contributed by atoms with van der Waals surface area (Å²) in [6.07, 6.45) is -0.590. The van der Waals surface area contributed by atoms with Gasteiger partial charge in [0.1, 0.15) is 17.9 Å². The number of pyridine rings is 1. The number of rotatable bonds is 7. The molecule has 4 N–H and O–H groups in total. The summed E-state index contributed by atoms with van der Waals surface area (Å²) in [5.74, 6) is -0.907. The summed E-state index contributed by atoms with van der Waals surface area (Å²) >= 11 is 0. The molecule has 9 heteroatoms. The smallest absolute Gasteiger partial charge is 0.255 e. The first-order chi connectivity index (χ1) is 13.2. The normalized spacial score (nSPS) is 21.8. The molecule has 2 unspecified atom stereocenters. The van der Waals surface area contributed by atoms with Crippen LogP contribution in [0.4, 0.5) is 4.39 Å². The molecule has 1 aliphatic heterocycles. The summed E-state index contributed by atoms with van der Waals surface area (Å²) in [4.78, 5) is 27.4. The largest absolute Gasteiger partial charge is 0.490 e. The molecule has 2 heterocycles.